The molecular formula is C26H31FN6O5. The number of pyridine rings is 1. The van der Waals surface area contributed by atoms with E-state index in [0.29, 0.717) is 16.9 Å². The van der Waals surface area contributed by atoms with Gasteiger partial charge in [0, 0.05) is 47.5 Å². The topological polar surface area (TPSA) is 119 Å². The lowest BCUT2D eigenvalue weighted by atomic mass is 10.1. The molecule has 3 amide bonds. The largest absolute Gasteiger partial charge is 0.436 e. The average molecular weight is 527 g/mol. The van der Waals surface area contributed by atoms with Gasteiger partial charge in [-0.15, -0.1) is 0 Å². The van der Waals surface area contributed by atoms with E-state index in [1.165, 1.54) is 52.7 Å². The average Bonchev–Trinajstić information content (AvgIpc) is 3.16. The van der Waals surface area contributed by atoms with Crippen LogP contribution in [0.4, 0.5) is 14.9 Å². The fourth-order valence-corrected chi connectivity index (χ4v) is 3.54. The maximum Gasteiger partial charge on any atom is 0.410 e. The molecule has 202 valence electrons. The number of rotatable bonds is 9. The van der Waals surface area contributed by atoms with E-state index in [-0.39, 0.29) is 31.0 Å². The highest BCUT2D eigenvalue weighted by Gasteiger charge is 2.24. The third kappa shape index (κ3) is 6.84. The number of nitrogens with zero attached hydrogens (tertiary/aromatic N) is 5. The first-order valence-corrected chi connectivity index (χ1v) is 11.8. The van der Waals surface area contributed by atoms with Gasteiger partial charge in [0.2, 0.25) is 5.91 Å². The number of aromatic nitrogens is 3. The Labute approximate surface area is 219 Å². The fourth-order valence-electron chi connectivity index (χ4n) is 3.54. The lowest BCUT2D eigenvalue weighted by molar-refractivity contribution is -0.125. The number of hydrogen-bond donors (Lipinski definition) is 1. The van der Waals surface area contributed by atoms with E-state index in [1.54, 1.807) is 50.1 Å². The number of nitrogens with one attached hydrogen (secondary N) is 1. The van der Waals surface area contributed by atoms with Crippen LogP contribution >= 0.6 is 0 Å². The number of halogens is 1. The molecule has 0 aliphatic carbocycles. The molecule has 3 rings (SSSR count). The molecule has 11 nitrogen and oxygen atoms in total. The van der Waals surface area contributed by atoms with Gasteiger partial charge in [-0.1, -0.05) is 6.08 Å². The van der Waals surface area contributed by atoms with Crippen molar-refractivity contribution in [2.75, 3.05) is 33.5 Å². The van der Waals surface area contributed by atoms with Gasteiger partial charge in [-0.2, -0.15) is 0 Å². The maximum absolute atomic E-state index is 13.6. The Morgan fingerprint density at radius 2 is 1.89 bits per heavy atom. The van der Waals surface area contributed by atoms with Gasteiger partial charge in [0.05, 0.1) is 17.6 Å². The summed E-state index contributed by atoms with van der Waals surface area (Å²) in [6.07, 6.45) is 2.96. The summed E-state index contributed by atoms with van der Waals surface area (Å²) in [5.41, 5.74) is 0.678. The zero-order chi connectivity index (χ0) is 28.0. The van der Waals surface area contributed by atoms with Crippen LogP contribution in [0.3, 0.4) is 0 Å². The van der Waals surface area contributed by atoms with E-state index in [9.17, 15) is 23.6 Å². The lowest BCUT2D eigenvalue weighted by Gasteiger charge is -2.19. The zero-order valence-electron chi connectivity index (χ0n) is 22.0. The molecular weight excluding hydrogens is 495 g/mol. The summed E-state index contributed by atoms with van der Waals surface area (Å²) in [5.74, 6) is -0.783. The highest BCUT2D eigenvalue weighted by molar-refractivity contribution is 5.95. The van der Waals surface area contributed by atoms with E-state index in [2.05, 4.69) is 10.3 Å². The normalized spacial score (nSPS) is 11.9. The van der Waals surface area contributed by atoms with Crippen LogP contribution in [0.5, 0.6) is 0 Å². The quantitative estimate of drug-likeness (QED) is 0.428. The first-order chi connectivity index (χ1) is 18.0. The van der Waals surface area contributed by atoms with E-state index >= 15 is 0 Å². The van der Waals surface area contributed by atoms with Crippen LogP contribution in [0.2, 0.25) is 0 Å². The third-order valence-corrected chi connectivity index (χ3v) is 5.72. The van der Waals surface area contributed by atoms with Gasteiger partial charge in [-0.05, 0) is 43.2 Å². The van der Waals surface area contributed by atoms with Crippen molar-refractivity contribution in [2.24, 2.45) is 7.05 Å². The van der Waals surface area contributed by atoms with Crippen molar-refractivity contribution < 1.29 is 23.5 Å². The predicted molar refractivity (Wildman–Crippen MR) is 140 cm³/mol. The minimum absolute atomic E-state index is 0.00783. The predicted octanol–water partition coefficient (Wildman–Crippen LogP) is 2.35. The molecule has 1 atom stereocenters. The Bertz CT molecular complexity index is 1430. The van der Waals surface area contributed by atoms with E-state index in [0.717, 1.165) is 0 Å². The van der Waals surface area contributed by atoms with Crippen molar-refractivity contribution in [2.45, 2.75) is 25.5 Å². The van der Waals surface area contributed by atoms with Crippen LogP contribution in [0, 0.1) is 5.82 Å². The number of allylic oxidation sites excluding steroid dienone is 1. The molecule has 0 spiro atoms. The van der Waals surface area contributed by atoms with Crippen LogP contribution in [0.25, 0.3) is 11.0 Å². The molecule has 0 fully saturated rings. The van der Waals surface area contributed by atoms with Crippen molar-refractivity contribution in [1.82, 2.24) is 23.9 Å². The number of carbonyl (C=O) groups is 3. The number of anilines is 1. The second kappa shape index (κ2) is 12.2. The van der Waals surface area contributed by atoms with Crippen molar-refractivity contribution in [3.63, 3.8) is 0 Å². The van der Waals surface area contributed by atoms with Crippen LogP contribution in [-0.2, 0) is 27.9 Å². The number of carbonyl (C=O) groups excluding carboxylic acids is 3. The van der Waals surface area contributed by atoms with Gasteiger partial charge in [0.15, 0.2) is 6.10 Å². The smallest absolute Gasteiger partial charge is 0.410 e. The lowest BCUT2D eigenvalue weighted by Crippen LogP contribution is -2.37. The van der Waals surface area contributed by atoms with Crippen LogP contribution in [0.1, 0.15) is 18.7 Å². The van der Waals surface area contributed by atoms with Crippen LogP contribution < -0.4 is 10.9 Å². The van der Waals surface area contributed by atoms with E-state index < -0.39 is 29.5 Å². The SMILES string of the molecule is CN(C)C(=O)/C=C/CCC(OC(=O)N(C)C)C(=O)Nc1cccn(Cc2nc3cc(F)ccc3n2C)c1=O. The zero-order valence-corrected chi connectivity index (χ0v) is 22.0. The Morgan fingerprint density at radius 1 is 1.16 bits per heavy atom. The number of imidazole rings is 1. The highest BCUT2D eigenvalue weighted by atomic mass is 19.1. The molecule has 3 aromatic rings. The van der Waals surface area contributed by atoms with Crippen molar-refractivity contribution >= 4 is 34.6 Å². The monoisotopic (exact) mass is 526 g/mol. The molecule has 0 saturated heterocycles. The van der Waals surface area contributed by atoms with Crippen molar-refractivity contribution in [3.05, 3.63) is 70.7 Å². The number of benzene rings is 1. The number of amides is 3. The molecule has 2 aromatic heterocycles. The molecule has 0 aliphatic rings. The molecule has 0 saturated carbocycles. The van der Waals surface area contributed by atoms with Gasteiger partial charge in [0.25, 0.3) is 11.5 Å². The Morgan fingerprint density at radius 3 is 2.58 bits per heavy atom. The molecule has 0 radical (unpaired) electrons. The second-order valence-corrected chi connectivity index (χ2v) is 9.04. The van der Waals surface area contributed by atoms with Crippen LogP contribution in [-0.4, -0.2) is 76.1 Å². The minimum Gasteiger partial charge on any atom is -0.436 e. The first-order valence-electron chi connectivity index (χ1n) is 11.8. The number of hydrogen-bond acceptors (Lipinski definition) is 6. The maximum atomic E-state index is 13.6. The molecule has 38 heavy (non-hydrogen) atoms. The summed E-state index contributed by atoms with van der Waals surface area (Å²) in [6, 6.07) is 7.31. The first kappa shape index (κ1) is 28.1. The van der Waals surface area contributed by atoms with Crippen molar-refractivity contribution in [3.8, 4) is 0 Å². The van der Waals surface area contributed by atoms with Crippen LogP contribution in [0.15, 0.2) is 53.5 Å². The van der Waals surface area contributed by atoms with E-state index in [1.807, 2.05) is 0 Å². The molecule has 1 unspecified atom stereocenters. The summed E-state index contributed by atoms with van der Waals surface area (Å²) in [6.45, 7) is 0.0824. The number of ether oxygens (including phenoxy) is 1. The van der Waals surface area contributed by atoms with Crippen molar-refractivity contribution in [1.29, 1.82) is 0 Å². The summed E-state index contributed by atoms with van der Waals surface area (Å²) < 4.78 is 22.0. The molecule has 2 heterocycles. The van der Waals surface area contributed by atoms with Gasteiger partial charge in [-0.3, -0.25) is 14.4 Å². The van der Waals surface area contributed by atoms with Gasteiger partial charge in [0.1, 0.15) is 17.3 Å². The Balaban J connectivity index is 1.78. The summed E-state index contributed by atoms with van der Waals surface area (Å²) in [5, 5.41) is 2.55. The minimum atomic E-state index is -1.20. The molecule has 1 N–H and O–H groups in total. The highest BCUT2D eigenvalue weighted by Crippen LogP contribution is 2.17. The van der Waals surface area contributed by atoms with Gasteiger partial charge >= 0.3 is 6.09 Å². The Hall–Kier alpha value is -4.48. The Kier molecular flexibility index (Phi) is 9.00. The third-order valence-electron chi connectivity index (χ3n) is 5.72. The molecule has 0 aliphatic heterocycles. The summed E-state index contributed by atoms with van der Waals surface area (Å²) >= 11 is 0. The standard InChI is InChI=1S/C26H31FN6O5/c1-30(2)23(34)11-7-6-10-21(38-26(37)31(3)4)24(35)29-18-9-8-14-33(25(18)36)16-22-28-19-15-17(27)12-13-20(19)32(22)5/h7-9,11-15,21H,6,10,16H2,1-5H3,(H,29,35)/b11-7+. The molecule has 0 bridgehead atoms. The second-order valence-electron chi connectivity index (χ2n) is 9.04. The van der Waals surface area contributed by atoms with E-state index in [4.69, 9.17) is 4.74 Å². The number of likely N-dealkylation sites (N-methyl/N-ethyl adjacent to an activating group) is 1. The fraction of sp³-hybridized carbons (Fsp3) is 0.346. The summed E-state index contributed by atoms with van der Waals surface area (Å²) in [4.78, 5) is 57.0. The molecule has 1 aromatic carbocycles. The van der Waals surface area contributed by atoms with Gasteiger partial charge in [-0.25, -0.2) is 14.2 Å². The summed E-state index contributed by atoms with van der Waals surface area (Å²) in [7, 11) is 7.97. The molecule has 12 heteroatoms. The number of fused-ring (bicyclic) bond motifs is 1. The number of aryl methyl sites for hydroxylation is 1. The van der Waals surface area contributed by atoms with Gasteiger partial charge < -0.3 is 29.0 Å².